The smallest absolute Gasteiger partial charge is 0.258 e. The Hall–Kier alpha value is -1.77. The van der Waals surface area contributed by atoms with Gasteiger partial charge in [0.05, 0.1) is 6.20 Å². The molecule has 0 saturated heterocycles. The summed E-state index contributed by atoms with van der Waals surface area (Å²) < 4.78 is 40.8. The maximum atomic E-state index is 13.7. The summed E-state index contributed by atoms with van der Waals surface area (Å²) in [7, 11) is -2.10. The van der Waals surface area contributed by atoms with Crippen molar-refractivity contribution < 1.29 is 12.8 Å². The van der Waals surface area contributed by atoms with Gasteiger partial charge in [-0.05, 0) is 20.0 Å². The second-order valence-corrected chi connectivity index (χ2v) is 6.27. The van der Waals surface area contributed by atoms with Crippen LogP contribution in [0, 0.1) is 5.82 Å². The van der Waals surface area contributed by atoms with E-state index in [1.54, 1.807) is 32.2 Å². The van der Waals surface area contributed by atoms with Gasteiger partial charge in [-0.25, -0.2) is 17.5 Å². The van der Waals surface area contributed by atoms with Crippen molar-refractivity contribution in [1.82, 2.24) is 20.2 Å². The number of H-pyrrole nitrogens is 1. The summed E-state index contributed by atoms with van der Waals surface area (Å²) in [4.78, 5) is 0. The highest BCUT2D eigenvalue weighted by Gasteiger charge is 2.24. The first-order valence-electron chi connectivity index (χ1n) is 6.39. The number of aromatic nitrogens is 2. The summed E-state index contributed by atoms with van der Waals surface area (Å²) in [6.07, 6.45) is 1.44. The van der Waals surface area contributed by atoms with Crippen LogP contribution in [-0.4, -0.2) is 25.7 Å². The minimum absolute atomic E-state index is 0.0139. The number of hydrogen-bond acceptors (Lipinski definition) is 4. The summed E-state index contributed by atoms with van der Waals surface area (Å²) in [5, 5.41) is 9.07. The first-order valence-corrected chi connectivity index (χ1v) is 7.87. The quantitative estimate of drug-likeness (QED) is 0.750. The third-order valence-corrected chi connectivity index (χ3v) is 4.57. The zero-order chi connectivity index (χ0) is 15.5. The number of hydrogen-bond donors (Lipinski definition) is 3. The number of sulfonamides is 1. The summed E-state index contributed by atoms with van der Waals surface area (Å²) in [5.41, 5.74) is 0.807. The average molecular weight is 312 g/mol. The molecule has 0 aliphatic carbocycles. The highest BCUT2D eigenvalue weighted by atomic mass is 32.2. The Labute approximate surface area is 122 Å². The first-order chi connectivity index (χ1) is 9.95. The molecule has 1 aromatic heterocycles. The zero-order valence-corrected chi connectivity index (χ0v) is 12.5. The van der Waals surface area contributed by atoms with Crippen LogP contribution in [0.25, 0.3) is 0 Å². The zero-order valence-electron chi connectivity index (χ0n) is 11.7. The van der Waals surface area contributed by atoms with Crippen LogP contribution >= 0.6 is 0 Å². The third-order valence-electron chi connectivity index (χ3n) is 3.02. The van der Waals surface area contributed by atoms with Gasteiger partial charge in [0, 0.05) is 23.7 Å². The molecule has 114 valence electrons. The SMILES string of the molecule is CNCc1cn[nH]c1S(=O)(=O)NC(C)c1ccccc1F. The molecular formula is C13H17FN4O2S. The predicted octanol–water partition coefficient (Wildman–Crippen LogP) is 1.31. The van der Waals surface area contributed by atoms with Crippen LogP contribution < -0.4 is 10.0 Å². The van der Waals surface area contributed by atoms with Crippen molar-refractivity contribution in [2.45, 2.75) is 24.5 Å². The largest absolute Gasteiger partial charge is 0.316 e. The molecule has 1 unspecified atom stereocenters. The fraction of sp³-hybridized carbons (Fsp3) is 0.308. The summed E-state index contributed by atoms with van der Waals surface area (Å²) in [5.74, 6) is -0.451. The Kier molecular flexibility index (Phi) is 4.71. The van der Waals surface area contributed by atoms with Crippen molar-refractivity contribution in [2.75, 3.05) is 7.05 Å². The van der Waals surface area contributed by atoms with Crippen molar-refractivity contribution in [3.63, 3.8) is 0 Å². The molecule has 0 aliphatic rings. The van der Waals surface area contributed by atoms with Crippen LogP contribution in [0.2, 0.25) is 0 Å². The summed E-state index contributed by atoms with van der Waals surface area (Å²) >= 11 is 0. The van der Waals surface area contributed by atoms with Gasteiger partial charge in [-0.2, -0.15) is 5.10 Å². The lowest BCUT2D eigenvalue weighted by Gasteiger charge is -2.15. The summed E-state index contributed by atoms with van der Waals surface area (Å²) in [6, 6.07) is 5.36. The van der Waals surface area contributed by atoms with Gasteiger partial charge in [0.1, 0.15) is 5.82 Å². The monoisotopic (exact) mass is 312 g/mol. The van der Waals surface area contributed by atoms with Gasteiger partial charge < -0.3 is 5.32 Å². The third kappa shape index (κ3) is 3.46. The van der Waals surface area contributed by atoms with E-state index < -0.39 is 21.9 Å². The predicted molar refractivity (Wildman–Crippen MR) is 76.5 cm³/mol. The Morgan fingerprint density at radius 3 is 2.76 bits per heavy atom. The van der Waals surface area contributed by atoms with E-state index >= 15 is 0 Å². The van der Waals surface area contributed by atoms with Crippen molar-refractivity contribution >= 4 is 10.0 Å². The number of nitrogens with zero attached hydrogens (tertiary/aromatic N) is 1. The highest BCUT2D eigenvalue weighted by molar-refractivity contribution is 7.89. The molecule has 0 spiro atoms. The number of benzene rings is 1. The van der Waals surface area contributed by atoms with E-state index in [0.29, 0.717) is 12.1 Å². The van der Waals surface area contributed by atoms with Gasteiger partial charge in [0.15, 0.2) is 5.03 Å². The van der Waals surface area contributed by atoms with Gasteiger partial charge in [0.25, 0.3) is 10.0 Å². The maximum absolute atomic E-state index is 13.7. The van der Waals surface area contributed by atoms with Gasteiger partial charge in [-0.1, -0.05) is 18.2 Å². The minimum atomic E-state index is -3.81. The normalized spacial score (nSPS) is 13.3. The summed E-state index contributed by atoms with van der Waals surface area (Å²) in [6.45, 7) is 1.95. The maximum Gasteiger partial charge on any atom is 0.258 e. The molecule has 1 aromatic carbocycles. The molecule has 0 amide bonds. The van der Waals surface area contributed by atoms with Crippen molar-refractivity contribution in [1.29, 1.82) is 0 Å². The van der Waals surface area contributed by atoms with E-state index in [0.717, 1.165) is 0 Å². The van der Waals surface area contributed by atoms with Crippen LogP contribution in [0.4, 0.5) is 4.39 Å². The molecule has 0 fully saturated rings. The Balaban J connectivity index is 2.25. The molecule has 21 heavy (non-hydrogen) atoms. The van der Waals surface area contributed by atoms with Crippen LogP contribution in [0.1, 0.15) is 24.1 Å². The van der Waals surface area contributed by atoms with Crippen molar-refractivity contribution in [3.05, 3.63) is 47.4 Å². The fourth-order valence-electron chi connectivity index (χ4n) is 2.03. The minimum Gasteiger partial charge on any atom is -0.316 e. The van der Waals surface area contributed by atoms with Crippen LogP contribution in [0.15, 0.2) is 35.5 Å². The van der Waals surface area contributed by atoms with E-state index in [9.17, 15) is 12.8 Å². The molecular weight excluding hydrogens is 295 g/mol. The average Bonchev–Trinajstić information content (AvgIpc) is 2.88. The molecule has 1 heterocycles. The van der Waals surface area contributed by atoms with E-state index in [2.05, 4.69) is 20.2 Å². The Bertz CT molecular complexity index is 714. The second-order valence-electron chi connectivity index (χ2n) is 4.62. The molecule has 8 heteroatoms. The van der Waals surface area contributed by atoms with E-state index in [1.165, 1.54) is 12.3 Å². The number of aromatic amines is 1. The number of rotatable bonds is 6. The second kappa shape index (κ2) is 6.33. The molecule has 6 nitrogen and oxygen atoms in total. The standard InChI is InChI=1S/C13H17FN4O2S/c1-9(11-5-3-4-6-12(11)14)18-21(19,20)13-10(7-15-2)8-16-17-13/h3-6,8-9,15,18H,7H2,1-2H3,(H,16,17). The molecule has 2 rings (SSSR count). The van der Waals surface area contributed by atoms with Gasteiger partial charge in [-0.3, -0.25) is 5.10 Å². The number of halogens is 1. The Morgan fingerprint density at radius 2 is 2.10 bits per heavy atom. The van der Waals surface area contributed by atoms with Crippen LogP contribution in [-0.2, 0) is 16.6 Å². The van der Waals surface area contributed by atoms with Gasteiger partial charge in [0.2, 0.25) is 0 Å². The van der Waals surface area contributed by atoms with Crippen molar-refractivity contribution in [3.8, 4) is 0 Å². The lowest BCUT2D eigenvalue weighted by Crippen LogP contribution is -2.29. The first kappa shape index (κ1) is 15.6. The number of nitrogens with one attached hydrogen (secondary N) is 3. The molecule has 0 radical (unpaired) electrons. The molecule has 0 aliphatic heterocycles. The van der Waals surface area contributed by atoms with Crippen molar-refractivity contribution in [2.24, 2.45) is 0 Å². The molecule has 1 atom stereocenters. The van der Waals surface area contributed by atoms with Gasteiger partial charge >= 0.3 is 0 Å². The van der Waals surface area contributed by atoms with E-state index in [1.807, 2.05) is 0 Å². The van der Waals surface area contributed by atoms with E-state index in [-0.39, 0.29) is 10.6 Å². The molecule has 3 N–H and O–H groups in total. The topological polar surface area (TPSA) is 86.9 Å². The lowest BCUT2D eigenvalue weighted by molar-refractivity contribution is 0.546. The molecule has 0 saturated carbocycles. The highest BCUT2D eigenvalue weighted by Crippen LogP contribution is 2.20. The fourth-order valence-corrected chi connectivity index (χ4v) is 3.38. The van der Waals surface area contributed by atoms with Gasteiger partial charge in [-0.15, -0.1) is 0 Å². The molecule has 2 aromatic rings. The van der Waals surface area contributed by atoms with E-state index in [4.69, 9.17) is 0 Å². The lowest BCUT2D eigenvalue weighted by atomic mass is 10.1. The van der Waals surface area contributed by atoms with Crippen LogP contribution in [0.3, 0.4) is 0 Å². The molecule has 0 bridgehead atoms. The van der Waals surface area contributed by atoms with Crippen LogP contribution in [0.5, 0.6) is 0 Å². The Morgan fingerprint density at radius 1 is 1.38 bits per heavy atom.